The van der Waals surface area contributed by atoms with Crippen LogP contribution in [0.2, 0.25) is 0 Å². The average Bonchev–Trinajstić information content (AvgIpc) is 2.49. The maximum atomic E-state index is 11.8. The van der Waals surface area contributed by atoms with Crippen molar-refractivity contribution in [1.82, 2.24) is 9.78 Å². The SMILES string of the molecule is CCn1nc(-c2ccc(OC)cc2OC)cc(N)c1=O. The number of ether oxygens (including phenoxy) is 2. The van der Waals surface area contributed by atoms with Gasteiger partial charge in [-0.05, 0) is 25.1 Å². The number of nitrogen functional groups attached to an aromatic ring is 1. The fraction of sp³-hybridized carbons (Fsp3) is 0.286. The van der Waals surface area contributed by atoms with E-state index < -0.39 is 0 Å². The van der Waals surface area contributed by atoms with Gasteiger partial charge in [-0.25, -0.2) is 4.68 Å². The minimum atomic E-state index is -0.288. The normalized spacial score (nSPS) is 10.3. The summed E-state index contributed by atoms with van der Waals surface area (Å²) in [5, 5.41) is 4.29. The quantitative estimate of drug-likeness (QED) is 0.915. The summed E-state index contributed by atoms with van der Waals surface area (Å²) in [5.41, 5.74) is 6.96. The molecule has 0 bridgehead atoms. The molecule has 0 fully saturated rings. The number of nitrogens with two attached hydrogens (primary N) is 1. The number of rotatable bonds is 4. The third-order valence-electron chi connectivity index (χ3n) is 2.99. The van der Waals surface area contributed by atoms with Crippen molar-refractivity contribution in [3.63, 3.8) is 0 Å². The maximum Gasteiger partial charge on any atom is 0.289 e. The predicted octanol–water partition coefficient (Wildman–Crippen LogP) is 1.53. The van der Waals surface area contributed by atoms with Crippen LogP contribution in [-0.2, 0) is 6.54 Å². The van der Waals surface area contributed by atoms with Crippen LogP contribution in [0.25, 0.3) is 11.3 Å². The predicted molar refractivity (Wildman–Crippen MR) is 77.1 cm³/mol. The molecule has 0 aliphatic carbocycles. The molecule has 1 aromatic carbocycles. The highest BCUT2D eigenvalue weighted by atomic mass is 16.5. The van der Waals surface area contributed by atoms with E-state index in [9.17, 15) is 4.79 Å². The highest BCUT2D eigenvalue weighted by Gasteiger charge is 2.12. The first-order valence-electron chi connectivity index (χ1n) is 6.20. The van der Waals surface area contributed by atoms with Gasteiger partial charge in [0.05, 0.1) is 19.9 Å². The lowest BCUT2D eigenvalue weighted by atomic mass is 10.1. The Balaban J connectivity index is 2.62. The molecule has 0 unspecified atom stereocenters. The van der Waals surface area contributed by atoms with E-state index in [2.05, 4.69) is 5.10 Å². The number of benzene rings is 1. The molecule has 2 aromatic rings. The molecule has 20 heavy (non-hydrogen) atoms. The minimum Gasteiger partial charge on any atom is -0.497 e. The lowest BCUT2D eigenvalue weighted by Gasteiger charge is -2.11. The Labute approximate surface area is 116 Å². The van der Waals surface area contributed by atoms with Gasteiger partial charge in [0.1, 0.15) is 17.2 Å². The van der Waals surface area contributed by atoms with Crippen LogP contribution in [0.1, 0.15) is 6.92 Å². The zero-order valence-electron chi connectivity index (χ0n) is 11.7. The summed E-state index contributed by atoms with van der Waals surface area (Å²) in [4.78, 5) is 11.8. The second-order valence-corrected chi connectivity index (χ2v) is 4.17. The van der Waals surface area contributed by atoms with Crippen LogP contribution in [0.5, 0.6) is 11.5 Å². The number of nitrogens with zero attached hydrogens (tertiary/aromatic N) is 2. The molecule has 1 aromatic heterocycles. The Hall–Kier alpha value is -2.50. The van der Waals surface area contributed by atoms with Crippen LogP contribution < -0.4 is 20.8 Å². The Morgan fingerprint density at radius 3 is 2.60 bits per heavy atom. The third-order valence-corrected chi connectivity index (χ3v) is 2.99. The van der Waals surface area contributed by atoms with Crippen LogP contribution in [0.4, 0.5) is 5.69 Å². The molecule has 0 saturated heterocycles. The molecule has 0 spiro atoms. The number of methoxy groups -OCH3 is 2. The maximum absolute atomic E-state index is 11.8. The standard InChI is InChI=1S/C14H17N3O3/c1-4-17-14(18)11(15)8-12(16-17)10-6-5-9(19-2)7-13(10)20-3/h5-8H,4,15H2,1-3H3. The van der Waals surface area contributed by atoms with Crippen molar-refractivity contribution in [2.45, 2.75) is 13.5 Å². The molecule has 0 saturated carbocycles. The number of anilines is 1. The van der Waals surface area contributed by atoms with Gasteiger partial charge < -0.3 is 15.2 Å². The number of hydrogen-bond acceptors (Lipinski definition) is 5. The van der Waals surface area contributed by atoms with Crippen molar-refractivity contribution in [1.29, 1.82) is 0 Å². The van der Waals surface area contributed by atoms with Crippen molar-refractivity contribution < 1.29 is 9.47 Å². The summed E-state index contributed by atoms with van der Waals surface area (Å²) in [5.74, 6) is 1.29. The highest BCUT2D eigenvalue weighted by Crippen LogP contribution is 2.32. The minimum absolute atomic E-state index is 0.162. The summed E-state index contributed by atoms with van der Waals surface area (Å²) >= 11 is 0. The van der Waals surface area contributed by atoms with Gasteiger partial charge in [0.25, 0.3) is 5.56 Å². The van der Waals surface area contributed by atoms with Gasteiger partial charge in [0.15, 0.2) is 0 Å². The van der Waals surface area contributed by atoms with Gasteiger partial charge in [0, 0.05) is 18.2 Å². The summed E-state index contributed by atoms with van der Waals surface area (Å²) < 4.78 is 11.8. The van der Waals surface area contributed by atoms with Crippen molar-refractivity contribution in [3.8, 4) is 22.8 Å². The molecule has 6 nitrogen and oxygen atoms in total. The van der Waals surface area contributed by atoms with Crippen LogP contribution >= 0.6 is 0 Å². The van der Waals surface area contributed by atoms with E-state index in [0.717, 1.165) is 5.56 Å². The number of hydrogen-bond donors (Lipinski definition) is 1. The monoisotopic (exact) mass is 275 g/mol. The van der Waals surface area contributed by atoms with E-state index in [-0.39, 0.29) is 11.2 Å². The van der Waals surface area contributed by atoms with E-state index in [1.54, 1.807) is 32.4 Å². The zero-order valence-corrected chi connectivity index (χ0v) is 11.7. The summed E-state index contributed by atoms with van der Waals surface area (Å²) in [6, 6.07) is 6.94. The number of aryl methyl sites for hydroxylation is 1. The van der Waals surface area contributed by atoms with Crippen LogP contribution in [0.15, 0.2) is 29.1 Å². The fourth-order valence-electron chi connectivity index (χ4n) is 1.92. The van der Waals surface area contributed by atoms with Gasteiger partial charge >= 0.3 is 0 Å². The molecule has 0 amide bonds. The molecular weight excluding hydrogens is 258 g/mol. The molecule has 0 aliphatic heterocycles. The molecule has 106 valence electrons. The van der Waals surface area contributed by atoms with E-state index >= 15 is 0 Å². The van der Waals surface area contributed by atoms with Crippen LogP contribution in [0, 0.1) is 0 Å². The first-order chi connectivity index (χ1) is 9.60. The second kappa shape index (κ2) is 5.64. The summed E-state index contributed by atoms with van der Waals surface area (Å²) in [6.07, 6.45) is 0. The van der Waals surface area contributed by atoms with Gasteiger partial charge in [-0.1, -0.05) is 0 Å². The molecule has 0 aliphatic rings. The Morgan fingerprint density at radius 1 is 1.25 bits per heavy atom. The first kappa shape index (κ1) is 13.9. The molecular formula is C14H17N3O3. The summed E-state index contributed by atoms with van der Waals surface area (Å²) in [6.45, 7) is 2.29. The van der Waals surface area contributed by atoms with Crippen molar-refractivity contribution in [2.75, 3.05) is 20.0 Å². The average molecular weight is 275 g/mol. The smallest absolute Gasteiger partial charge is 0.289 e. The topological polar surface area (TPSA) is 79.4 Å². The Kier molecular flexibility index (Phi) is 3.93. The van der Waals surface area contributed by atoms with Gasteiger partial charge in [0.2, 0.25) is 0 Å². The number of aromatic nitrogens is 2. The molecule has 0 atom stereocenters. The van der Waals surface area contributed by atoms with Gasteiger partial charge in [-0.3, -0.25) is 4.79 Å². The summed E-state index contributed by atoms with van der Waals surface area (Å²) in [7, 11) is 3.15. The molecule has 2 N–H and O–H groups in total. The second-order valence-electron chi connectivity index (χ2n) is 4.17. The Morgan fingerprint density at radius 2 is 2.00 bits per heavy atom. The van der Waals surface area contributed by atoms with Crippen LogP contribution in [0.3, 0.4) is 0 Å². The molecule has 1 heterocycles. The van der Waals surface area contributed by atoms with Crippen LogP contribution in [-0.4, -0.2) is 24.0 Å². The largest absolute Gasteiger partial charge is 0.497 e. The van der Waals surface area contributed by atoms with Gasteiger partial charge in [-0.2, -0.15) is 5.10 Å². The van der Waals surface area contributed by atoms with Crippen molar-refractivity contribution >= 4 is 5.69 Å². The van der Waals surface area contributed by atoms with E-state index in [4.69, 9.17) is 15.2 Å². The first-order valence-corrected chi connectivity index (χ1v) is 6.20. The lowest BCUT2D eigenvalue weighted by Crippen LogP contribution is -2.25. The van der Waals surface area contributed by atoms with Crippen molar-refractivity contribution in [2.24, 2.45) is 0 Å². The van der Waals surface area contributed by atoms with Crippen molar-refractivity contribution in [3.05, 3.63) is 34.6 Å². The fourth-order valence-corrected chi connectivity index (χ4v) is 1.92. The van der Waals surface area contributed by atoms with E-state index in [0.29, 0.717) is 23.7 Å². The van der Waals surface area contributed by atoms with E-state index in [1.165, 1.54) is 4.68 Å². The Bertz CT molecular complexity index is 680. The molecule has 6 heteroatoms. The highest BCUT2D eigenvalue weighted by molar-refractivity contribution is 5.70. The van der Waals surface area contributed by atoms with Gasteiger partial charge in [-0.15, -0.1) is 0 Å². The van der Waals surface area contributed by atoms with E-state index in [1.807, 2.05) is 13.0 Å². The lowest BCUT2D eigenvalue weighted by molar-refractivity contribution is 0.395. The zero-order chi connectivity index (χ0) is 14.7. The third kappa shape index (κ3) is 2.45. The molecule has 2 rings (SSSR count). The molecule has 0 radical (unpaired) electrons.